The third-order valence-electron chi connectivity index (χ3n) is 3.80. The molecule has 0 spiro atoms. The number of aromatic nitrogens is 1. The van der Waals surface area contributed by atoms with Crippen LogP contribution in [-0.2, 0) is 11.3 Å². The van der Waals surface area contributed by atoms with E-state index in [1.807, 2.05) is 0 Å². The lowest BCUT2D eigenvalue weighted by Gasteiger charge is -2.06. The number of nitrogens with zero attached hydrogens (tertiary/aromatic N) is 1. The summed E-state index contributed by atoms with van der Waals surface area (Å²) < 4.78 is 1.63. The van der Waals surface area contributed by atoms with E-state index in [0.717, 1.165) is 12.8 Å². The van der Waals surface area contributed by atoms with Gasteiger partial charge in [-0.2, -0.15) is 4.57 Å². The monoisotopic (exact) mass is 355 g/mol. The highest BCUT2D eigenvalue weighted by molar-refractivity contribution is 5.87. The first-order chi connectivity index (χ1) is 11.1. The minimum atomic E-state index is -0.737. The van der Waals surface area contributed by atoms with Crippen LogP contribution in [0.2, 0.25) is 0 Å². The summed E-state index contributed by atoms with van der Waals surface area (Å²) in [5, 5.41) is 21.0. The van der Waals surface area contributed by atoms with Crippen molar-refractivity contribution in [3.8, 4) is 0 Å². The molecule has 0 atom stereocenters. The van der Waals surface area contributed by atoms with Gasteiger partial charge in [-0.25, -0.2) is 0 Å². The van der Waals surface area contributed by atoms with Gasteiger partial charge in [-0.15, -0.1) is 12.4 Å². The summed E-state index contributed by atoms with van der Waals surface area (Å²) in [5.41, 5.74) is 0.295. The number of hydrogen-bond acceptors (Lipinski definition) is 3. The molecule has 0 aliphatic rings. The molecule has 24 heavy (non-hydrogen) atoms. The molecule has 0 bridgehead atoms. The number of nitrogens with one attached hydrogen (secondary N) is 2. The molecule has 1 aromatic rings. The van der Waals surface area contributed by atoms with E-state index >= 15 is 0 Å². The van der Waals surface area contributed by atoms with Crippen molar-refractivity contribution in [1.82, 2.24) is 5.32 Å². The van der Waals surface area contributed by atoms with Crippen LogP contribution in [0.25, 0.3) is 0 Å². The fourth-order valence-electron chi connectivity index (χ4n) is 2.46. The topological polar surface area (TPSA) is 79.9 Å². The summed E-state index contributed by atoms with van der Waals surface area (Å²) in [6.07, 6.45) is 13.2. The summed E-state index contributed by atoms with van der Waals surface area (Å²) >= 11 is 0. The Balaban J connectivity index is 0.00000529. The van der Waals surface area contributed by atoms with Gasteiger partial charge in [0.2, 0.25) is 6.54 Å². The Kier molecular flexibility index (Phi) is 12.9. The van der Waals surface area contributed by atoms with Crippen LogP contribution >= 0.6 is 12.4 Å². The van der Waals surface area contributed by atoms with Crippen molar-refractivity contribution in [1.29, 1.82) is 5.41 Å². The van der Waals surface area contributed by atoms with Crippen molar-refractivity contribution in [2.75, 3.05) is 6.54 Å². The van der Waals surface area contributed by atoms with Gasteiger partial charge in [0.1, 0.15) is 0 Å². The van der Waals surface area contributed by atoms with Crippen LogP contribution < -0.4 is 15.0 Å². The van der Waals surface area contributed by atoms with Crippen molar-refractivity contribution >= 4 is 24.2 Å². The summed E-state index contributed by atoms with van der Waals surface area (Å²) in [4.78, 5) is 11.8. The molecule has 0 fully saturated rings. The lowest BCUT2D eigenvalue weighted by atomic mass is 10.1. The maximum atomic E-state index is 11.8. The second-order valence-electron chi connectivity index (χ2n) is 5.92. The fourth-order valence-corrected chi connectivity index (χ4v) is 2.46. The maximum Gasteiger partial charge on any atom is 0.285 e. The number of rotatable bonds is 12. The minimum absolute atomic E-state index is 0. The number of pyridine rings is 1. The largest absolute Gasteiger partial charge is 0.859 e. The average Bonchev–Trinajstić information content (AvgIpc) is 2.53. The highest BCUT2D eigenvalue weighted by Gasteiger charge is 2.09. The Bertz CT molecular complexity index is 495. The van der Waals surface area contributed by atoms with Crippen LogP contribution in [0.15, 0.2) is 24.5 Å². The summed E-state index contributed by atoms with van der Waals surface area (Å²) in [7, 11) is 0. The number of carbonyl (C=O) groups excluding carboxylic acids is 1. The molecule has 136 valence electrons. The molecular weight excluding hydrogens is 326 g/mol. The Morgan fingerprint density at radius 3 is 2.42 bits per heavy atom. The Morgan fingerprint density at radius 2 is 1.79 bits per heavy atom. The molecule has 6 heteroatoms. The lowest BCUT2D eigenvalue weighted by Crippen LogP contribution is -2.43. The Hall–Kier alpha value is -1.62. The zero-order valence-corrected chi connectivity index (χ0v) is 15.4. The van der Waals surface area contributed by atoms with Crippen LogP contribution in [0.1, 0.15) is 63.9 Å². The molecule has 0 saturated heterocycles. The van der Waals surface area contributed by atoms with E-state index < -0.39 is 5.90 Å². The molecule has 1 heterocycles. The Morgan fingerprint density at radius 1 is 1.17 bits per heavy atom. The SMILES string of the molecule is CCCCCCCCCCNC(=O)C[n+]1cccc(C(=N)[O-])c1.Cl. The first-order valence-corrected chi connectivity index (χ1v) is 8.65. The molecule has 0 saturated carbocycles. The number of hydrogen-bond donors (Lipinski definition) is 2. The third kappa shape index (κ3) is 10.2. The molecule has 1 rings (SSSR count). The van der Waals surface area contributed by atoms with Crippen LogP contribution in [0.4, 0.5) is 0 Å². The molecule has 0 aromatic carbocycles. The minimum Gasteiger partial charge on any atom is -0.859 e. The van der Waals surface area contributed by atoms with Gasteiger partial charge in [-0.3, -0.25) is 4.79 Å². The predicted octanol–water partition coefficient (Wildman–Crippen LogP) is 2.34. The quantitative estimate of drug-likeness (QED) is 0.261. The molecule has 0 radical (unpaired) electrons. The van der Waals surface area contributed by atoms with Gasteiger partial charge in [0.25, 0.3) is 5.91 Å². The Labute approximate surface area is 151 Å². The van der Waals surface area contributed by atoms with Gasteiger partial charge in [0, 0.05) is 18.2 Å². The van der Waals surface area contributed by atoms with E-state index in [1.54, 1.807) is 22.9 Å². The van der Waals surface area contributed by atoms with Gasteiger partial charge in [0.05, 0.1) is 0 Å². The maximum absolute atomic E-state index is 11.8. The van der Waals surface area contributed by atoms with Crippen molar-refractivity contribution < 1.29 is 14.5 Å². The zero-order valence-electron chi connectivity index (χ0n) is 14.6. The van der Waals surface area contributed by atoms with Gasteiger partial charge < -0.3 is 15.8 Å². The van der Waals surface area contributed by atoms with Gasteiger partial charge >= 0.3 is 0 Å². The van der Waals surface area contributed by atoms with E-state index in [9.17, 15) is 9.90 Å². The van der Waals surface area contributed by atoms with Crippen LogP contribution in [-0.4, -0.2) is 18.3 Å². The van der Waals surface area contributed by atoms with Gasteiger partial charge in [-0.05, 0) is 18.4 Å². The second-order valence-corrected chi connectivity index (χ2v) is 5.92. The highest BCUT2D eigenvalue weighted by Crippen LogP contribution is 2.07. The molecule has 2 N–H and O–H groups in total. The average molecular weight is 356 g/mol. The molecular formula is C18H30ClN3O2. The van der Waals surface area contributed by atoms with Gasteiger partial charge in [0.15, 0.2) is 12.4 Å². The van der Waals surface area contributed by atoms with Crippen molar-refractivity contribution in [3.05, 3.63) is 30.1 Å². The molecule has 0 aliphatic carbocycles. The van der Waals surface area contributed by atoms with E-state index in [0.29, 0.717) is 12.1 Å². The number of amides is 1. The summed E-state index contributed by atoms with van der Waals surface area (Å²) in [6, 6.07) is 3.25. The second kappa shape index (κ2) is 13.8. The smallest absolute Gasteiger partial charge is 0.285 e. The fraction of sp³-hybridized carbons (Fsp3) is 0.611. The highest BCUT2D eigenvalue weighted by atomic mass is 35.5. The first kappa shape index (κ1) is 22.4. The number of carbonyl (C=O) groups is 1. The normalized spacial score (nSPS) is 10.0. The lowest BCUT2D eigenvalue weighted by molar-refractivity contribution is -0.684. The first-order valence-electron chi connectivity index (χ1n) is 8.65. The van der Waals surface area contributed by atoms with Crippen molar-refractivity contribution in [3.63, 3.8) is 0 Å². The number of unbranched alkanes of at least 4 members (excludes halogenated alkanes) is 7. The standard InChI is InChI=1S/C18H29N3O2.ClH/c1-2-3-4-5-6-7-8-9-12-20-17(22)15-21-13-10-11-16(14-21)18(19)23;/h10-11,13-14H,2-9,12,15H2,1H3,(H2-,19,20,22,23);1H. The van der Waals surface area contributed by atoms with Crippen LogP contribution in [0, 0.1) is 5.41 Å². The molecule has 1 amide bonds. The molecule has 0 aliphatic heterocycles. The van der Waals surface area contributed by atoms with E-state index in [-0.39, 0.29) is 24.9 Å². The van der Waals surface area contributed by atoms with Crippen LogP contribution in [0.3, 0.4) is 0 Å². The van der Waals surface area contributed by atoms with Crippen molar-refractivity contribution in [2.24, 2.45) is 0 Å². The number of halogens is 1. The molecule has 0 unspecified atom stereocenters. The third-order valence-corrected chi connectivity index (χ3v) is 3.80. The summed E-state index contributed by atoms with van der Waals surface area (Å²) in [6.45, 7) is 3.10. The van der Waals surface area contributed by atoms with Crippen molar-refractivity contribution in [2.45, 2.75) is 64.8 Å². The van der Waals surface area contributed by atoms with Crippen LogP contribution in [0.5, 0.6) is 0 Å². The van der Waals surface area contributed by atoms with E-state index in [2.05, 4.69) is 12.2 Å². The molecule has 5 nitrogen and oxygen atoms in total. The van der Waals surface area contributed by atoms with E-state index in [4.69, 9.17) is 5.41 Å². The zero-order chi connectivity index (χ0) is 16.9. The predicted molar refractivity (Wildman–Crippen MR) is 96.3 cm³/mol. The van der Waals surface area contributed by atoms with E-state index in [1.165, 1.54) is 44.7 Å². The molecule has 1 aromatic heterocycles. The summed E-state index contributed by atoms with van der Waals surface area (Å²) in [5.74, 6) is -0.800. The van der Waals surface area contributed by atoms with Gasteiger partial charge in [-0.1, -0.05) is 51.9 Å².